The quantitative estimate of drug-likeness (QED) is 0.872. The van der Waals surface area contributed by atoms with Gasteiger partial charge >= 0.3 is 5.97 Å². The number of carbonyl (C=O) groups is 1. The molecule has 0 saturated heterocycles. The summed E-state index contributed by atoms with van der Waals surface area (Å²) in [6, 6.07) is 5.11. The van der Waals surface area contributed by atoms with E-state index in [0.717, 1.165) is 15.6 Å². The Balaban J connectivity index is 2.21. The molecule has 0 radical (unpaired) electrons. The third kappa shape index (κ3) is 3.29. The van der Waals surface area contributed by atoms with Crippen molar-refractivity contribution >= 4 is 34.6 Å². The van der Waals surface area contributed by atoms with Gasteiger partial charge in [-0.1, -0.05) is 11.6 Å². The van der Waals surface area contributed by atoms with Gasteiger partial charge in [-0.15, -0.1) is 11.3 Å². The number of aryl methyl sites for hydroxylation is 2. The fourth-order valence-corrected chi connectivity index (χ4v) is 2.91. The molecular formula is C14H15ClN2O2S. The van der Waals surface area contributed by atoms with Crippen LogP contribution in [0.15, 0.2) is 18.2 Å². The fourth-order valence-electron chi connectivity index (χ4n) is 1.86. The maximum atomic E-state index is 11.7. The number of nitrogens with one attached hydrogen (secondary N) is 1. The summed E-state index contributed by atoms with van der Waals surface area (Å²) in [6.07, 6.45) is 0. The molecule has 0 unspecified atom stereocenters. The van der Waals surface area contributed by atoms with Crippen LogP contribution in [0.2, 0.25) is 5.02 Å². The first-order valence-corrected chi connectivity index (χ1v) is 7.25. The number of carbonyl (C=O) groups excluding carboxylic acids is 1. The van der Waals surface area contributed by atoms with Crippen LogP contribution in [0, 0.1) is 13.8 Å². The highest BCUT2D eigenvalue weighted by atomic mass is 35.5. The summed E-state index contributed by atoms with van der Waals surface area (Å²) in [5, 5.41) is 4.77. The number of halogens is 1. The molecule has 1 heterocycles. The van der Waals surface area contributed by atoms with E-state index in [1.807, 2.05) is 13.8 Å². The van der Waals surface area contributed by atoms with Crippen molar-refractivity contribution in [1.82, 2.24) is 4.98 Å². The summed E-state index contributed by atoms with van der Waals surface area (Å²) in [4.78, 5) is 17.3. The summed E-state index contributed by atoms with van der Waals surface area (Å²) >= 11 is 7.56. The van der Waals surface area contributed by atoms with Gasteiger partial charge in [-0.25, -0.2) is 9.78 Å². The van der Waals surface area contributed by atoms with E-state index in [9.17, 15) is 4.79 Å². The van der Waals surface area contributed by atoms with E-state index in [1.165, 1.54) is 7.11 Å². The van der Waals surface area contributed by atoms with Crippen LogP contribution in [0.1, 0.15) is 25.9 Å². The Morgan fingerprint density at radius 1 is 1.45 bits per heavy atom. The number of benzene rings is 1. The highest BCUT2D eigenvalue weighted by Crippen LogP contribution is 2.24. The van der Waals surface area contributed by atoms with Crippen molar-refractivity contribution in [3.8, 4) is 0 Å². The largest absolute Gasteiger partial charge is 0.465 e. The second-order valence-electron chi connectivity index (χ2n) is 4.28. The highest BCUT2D eigenvalue weighted by molar-refractivity contribution is 7.11. The van der Waals surface area contributed by atoms with Gasteiger partial charge in [0.05, 0.1) is 29.9 Å². The Labute approximate surface area is 126 Å². The number of hydrogen-bond acceptors (Lipinski definition) is 5. The molecule has 0 fully saturated rings. The van der Waals surface area contributed by atoms with E-state index in [-0.39, 0.29) is 0 Å². The molecule has 2 rings (SSSR count). The molecule has 1 aromatic heterocycles. The lowest BCUT2D eigenvalue weighted by molar-refractivity contribution is 0.0602. The van der Waals surface area contributed by atoms with Crippen LogP contribution in [0.4, 0.5) is 5.69 Å². The Hall–Kier alpha value is -1.59. The van der Waals surface area contributed by atoms with E-state index in [0.29, 0.717) is 22.8 Å². The monoisotopic (exact) mass is 310 g/mol. The smallest absolute Gasteiger partial charge is 0.340 e. The summed E-state index contributed by atoms with van der Waals surface area (Å²) in [5.41, 5.74) is 2.14. The molecule has 0 atom stereocenters. The molecule has 1 aromatic carbocycles. The van der Waals surface area contributed by atoms with Crippen molar-refractivity contribution in [3.63, 3.8) is 0 Å². The lowest BCUT2D eigenvalue weighted by atomic mass is 10.1. The van der Waals surface area contributed by atoms with Gasteiger partial charge < -0.3 is 10.1 Å². The number of anilines is 1. The Bertz CT molecular complexity index is 640. The molecular weight excluding hydrogens is 296 g/mol. The van der Waals surface area contributed by atoms with Crippen molar-refractivity contribution in [2.75, 3.05) is 12.4 Å². The maximum Gasteiger partial charge on any atom is 0.340 e. The summed E-state index contributed by atoms with van der Waals surface area (Å²) in [7, 11) is 1.35. The van der Waals surface area contributed by atoms with Gasteiger partial charge in [0.2, 0.25) is 0 Å². The topological polar surface area (TPSA) is 51.2 Å². The number of nitrogens with zero attached hydrogens (tertiary/aromatic N) is 1. The van der Waals surface area contributed by atoms with Gasteiger partial charge in [0.1, 0.15) is 0 Å². The zero-order valence-corrected chi connectivity index (χ0v) is 13.1. The Morgan fingerprint density at radius 2 is 2.20 bits per heavy atom. The Morgan fingerprint density at radius 3 is 2.80 bits per heavy atom. The number of esters is 1. The van der Waals surface area contributed by atoms with Gasteiger partial charge in [0.15, 0.2) is 0 Å². The second kappa shape index (κ2) is 6.24. The third-order valence-electron chi connectivity index (χ3n) is 2.83. The molecule has 4 nitrogen and oxygen atoms in total. The zero-order valence-electron chi connectivity index (χ0n) is 11.5. The molecule has 0 amide bonds. The minimum absolute atomic E-state index is 0.410. The number of thiazole rings is 1. The first-order valence-electron chi connectivity index (χ1n) is 6.06. The van der Waals surface area contributed by atoms with Crippen molar-refractivity contribution < 1.29 is 9.53 Å². The zero-order chi connectivity index (χ0) is 14.7. The van der Waals surface area contributed by atoms with Crippen molar-refractivity contribution in [2.45, 2.75) is 20.4 Å². The lowest BCUT2D eigenvalue weighted by Crippen LogP contribution is -2.08. The molecule has 0 bridgehead atoms. The van der Waals surface area contributed by atoms with Gasteiger partial charge in [0.25, 0.3) is 0 Å². The average molecular weight is 311 g/mol. The van der Waals surface area contributed by atoms with Crippen molar-refractivity contribution in [1.29, 1.82) is 0 Å². The lowest BCUT2D eigenvalue weighted by Gasteiger charge is -2.10. The van der Waals surface area contributed by atoms with Crippen LogP contribution >= 0.6 is 22.9 Å². The second-order valence-corrected chi connectivity index (χ2v) is 6.00. The molecule has 0 saturated carbocycles. The number of hydrogen-bond donors (Lipinski definition) is 1. The van der Waals surface area contributed by atoms with Crippen molar-refractivity contribution in [3.05, 3.63) is 44.4 Å². The fraction of sp³-hybridized carbons (Fsp3) is 0.286. The highest BCUT2D eigenvalue weighted by Gasteiger charge is 2.13. The van der Waals surface area contributed by atoms with Gasteiger partial charge in [-0.3, -0.25) is 0 Å². The predicted molar refractivity (Wildman–Crippen MR) is 81.7 cm³/mol. The summed E-state index contributed by atoms with van der Waals surface area (Å²) < 4.78 is 4.76. The van der Waals surface area contributed by atoms with Gasteiger partial charge in [0, 0.05) is 15.6 Å². The van der Waals surface area contributed by atoms with Crippen LogP contribution in [0.3, 0.4) is 0 Å². The molecule has 20 heavy (non-hydrogen) atoms. The van der Waals surface area contributed by atoms with Gasteiger partial charge in [-0.2, -0.15) is 0 Å². The molecule has 6 heteroatoms. The molecule has 0 aliphatic carbocycles. The summed E-state index contributed by atoms with van der Waals surface area (Å²) in [5.74, 6) is -0.410. The van der Waals surface area contributed by atoms with Crippen LogP contribution < -0.4 is 5.32 Å². The summed E-state index contributed by atoms with van der Waals surface area (Å²) in [6.45, 7) is 4.57. The minimum atomic E-state index is -0.410. The predicted octanol–water partition coefficient (Wildman–Crippen LogP) is 3.81. The Kier molecular flexibility index (Phi) is 4.62. The molecule has 0 spiro atoms. The van der Waals surface area contributed by atoms with Crippen LogP contribution in [0.5, 0.6) is 0 Å². The normalized spacial score (nSPS) is 10.4. The number of aromatic nitrogens is 1. The van der Waals surface area contributed by atoms with Gasteiger partial charge in [-0.05, 0) is 32.0 Å². The first-order chi connectivity index (χ1) is 9.51. The number of ether oxygens (including phenoxy) is 1. The van der Waals surface area contributed by atoms with Crippen LogP contribution in [-0.2, 0) is 11.3 Å². The molecule has 0 aliphatic rings. The molecule has 1 N–H and O–H groups in total. The van der Waals surface area contributed by atoms with E-state index in [2.05, 4.69) is 10.3 Å². The standard InChI is InChI=1S/C14H15ClN2O2S/c1-8-13(20-9(2)17-8)7-16-12-5-4-10(15)6-11(12)14(18)19-3/h4-6,16H,7H2,1-3H3. The van der Waals surface area contributed by atoms with E-state index < -0.39 is 5.97 Å². The SMILES string of the molecule is COC(=O)c1cc(Cl)ccc1NCc1sc(C)nc1C. The third-order valence-corrected chi connectivity index (χ3v) is 4.13. The van der Waals surface area contributed by atoms with E-state index in [4.69, 9.17) is 16.3 Å². The first kappa shape index (κ1) is 14.8. The average Bonchev–Trinajstić information content (AvgIpc) is 2.74. The van der Waals surface area contributed by atoms with E-state index in [1.54, 1.807) is 29.5 Å². The number of rotatable bonds is 4. The molecule has 106 valence electrons. The van der Waals surface area contributed by atoms with Crippen LogP contribution in [0.25, 0.3) is 0 Å². The molecule has 2 aromatic rings. The minimum Gasteiger partial charge on any atom is -0.465 e. The van der Waals surface area contributed by atoms with E-state index >= 15 is 0 Å². The van der Waals surface area contributed by atoms with Crippen LogP contribution in [-0.4, -0.2) is 18.1 Å². The van der Waals surface area contributed by atoms with Crippen molar-refractivity contribution in [2.24, 2.45) is 0 Å². The molecule has 0 aliphatic heterocycles. The number of methoxy groups -OCH3 is 1. The maximum absolute atomic E-state index is 11.7.